The fraction of sp³-hybridized carbons (Fsp3) is 0.200. The number of nitrogens with one attached hydrogen (secondary N) is 1. The maximum absolute atomic E-state index is 13.5. The second-order valence-electron chi connectivity index (χ2n) is 4.51. The molecule has 2 aromatic carbocycles. The quantitative estimate of drug-likeness (QED) is 0.884. The molecule has 0 aliphatic carbocycles. The Morgan fingerprint density at radius 2 is 1.86 bits per heavy atom. The highest BCUT2D eigenvalue weighted by Crippen LogP contribution is 2.20. The van der Waals surface area contributed by atoms with Crippen molar-refractivity contribution in [3.05, 3.63) is 70.0 Å². The zero-order chi connectivity index (χ0) is 15.4. The summed E-state index contributed by atoms with van der Waals surface area (Å²) < 4.78 is 39.8. The summed E-state index contributed by atoms with van der Waals surface area (Å²) >= 11 is 5.86. The van der Waals surface area contributed by atoms with Crippen LogP contribution in [-0.2, 0) is 6.54 Å². The third kappa shape index (κ3) is 3.97. The molecule has 0 aliphatic heterocycles. The molecule has 0 radical (unpaired) electrons. The van der Waals surface area contributed by atoms with Crippen LogP contribution < -0.4 is 5.32 Å². The van der Waals surface area contributed by atoms with Gasteiger partial charge in [-0.25, -0.2) is 13.2 Å². The maximum Gasteiger partial charge on any atom is 0.131 e. The van der Waals surface area contributed by atoms with Gasteiger partial charge in [-0.1, -0.05) is 23.7 Å². The van der Waals surface area contributed by atoms with Crippen molar-refractivity contribution in [3.8, 4) is 0 Å². The van der Waals surface area contributed by atoms with E-state index in [9.17, 15) is 18.3 Å². The number of hydrogen-bond donors (Lipinski definition) is 2. The van der Waals surface area contributed by atoms with Crippen LogP contribution in [0.3, 0.4) is 0 Å². The Morgan fingerprint density at radius 3 is 2.52 bits per heavy atom. The smallest absolute Gasteiger partial charge is 0.131 e. The molecule has 1 unspecified atom stereocenters. The summed E-state index contributed by atoms with van der Waals surface area (Å²) in [4.78, 5) is 0. The number of hydrogen-bond acceptors (Lipinski definition) is 2. The molecule has 112 valence electrons. The summed E-state index contributed by atoms with van der Waals surface area (Å²) in [6.07, 6.45) is -1.17. The van der Waals surface area contributed by atoms with Gasteiger partial charge in [0.2, 0.25) is 0 Å². The lowest BCUT2D eigenvalue weighted by atomic mass is 10.1. The van der Waals surface area contributed by atoms with E-state index in [0.717, 1.165) is 6.07 Å². The molecule has 21 heavy (non-hydrogen) atoms. The fourth-order valence-corrected chi connectivity index (χ4v) is 2.15. The SMILES string of the molecule is OC(CNCc1c(F)cccc1Cl)c1ccc(F)cc1F. The van der Waals surface area contributed by atoms with Gasteiger partial charge in [0.05, 0.1) is 6.10 Å². The summed E-state index contributed by atoms with van der Waals surface area (Å²) in [5.41, 5.74) is 0.245. The average molecular weight is 316 g/mol. The molecule has 1 atom stereocenters. The lowest BCUT2D eigenvalue weighted by molar-refractivity contribution is 0.169. The second kappa shape index (κ2) is 6.93. The molecular weight excluding hydrogens is 303 g/mol. The summed E-state index contributed by atoms with van der Waals surface area (Å²) in [5, 5.41) is 12.9. The standard InChI is InChI=1S/C15H13ClF3NO/c16-12-2-1-3-13(18)11(12)7-20-8-15(21)10-5-4-9(17)6-14(10)19/h1-6,15,20-21H,7-8H2. The van der Waals surface area contributed by atoms with Gasteiger partial charge in [-0.3, -0.25) is 0 Å². The lowest BCUT2D eigenvalue weighted by Crippen LogP contribution is -2.22. The highest BCUT2D eigenvalue weighted by Gasteiger charge is 2.14. The summed E-state index contributed by atoms with van der Waals surface area (Å²) in [6, 6.07) is 7.26. The van der Waals surface area contributed by atoms with E-state index in [4.69, 9.17) is 11.6 Å². The Labute approximate surface area is 125 Å². The first kappa shape index (κ1) is 15.8. The molecule has 2 aromatic rings. The molecule has 0 saturated heterocycles. The number of aliphatic hydroxyl groups excluding tert-OH is 1. The summed E-state index contributed by atoms with van der Waals surface area (Å²) in [6.45, 7) is 0.0681. The van der Waals surface area contributed by atoms with Crippen molar-refractivity contribution >= 4 is 11.6 Å². The Hall–Kier alpha value is -1.56. The van der Waals surface area contributed by atoms with Gasteiger partial charge in [0.1, 0.15) is 17.5 Å². The van der Waals surface area contributed by atoms with Crippen LogP contribution in [0.4, 0.5) is 13.2 Å². The van der Waals surface area contributed by atoms with Crippen LogP contribution in [0.2, 0.25) is 5.02 Å². The van der Waals surface area contributed by atoms with Crippen LogP contribution in [0.25, 0.3) is 0 Å². The van der Waals surface area contributed by atoms with E-state index in [1.54, 1.807) is 6.07 Å². The molecule has 0 bridgehead atoms. The largest absolute Gasteiger partial charge is 0.387 e. The fourth-order valence-electron chi connectivity index (χ4n) is 1.92. The zero-order valence-electron chi connectivity index (χ0n) is 10.9. The highest BCUT2D eigenvalue weighted by atomic mass is 35.5. The van der Waals surface area contributed by atoms with E-state index in [0.29, 0.717) is 6.07 Å². The molecular formula is C15H13ClF3NO. The van der Waals surface area contributed by atoms with Gasteiger partial charge in [-0.15, -0.1) is 0 Å². The Kier molecular flexibility index (Phi) is 5.22. The van der Waals surface area contributed by atoms with Crippen LogP contribution in [0.5, 0.6) is 0 Å². The lowest BCUT2D eigenvalue weighted by Gasteiger charge is -2.14. The zero-order valence-corrected chi connectivity index (χ0v) is 11.7. The van der Waals surface area contributed by atoms with Crippen molar-refractivity contribution in [2.24, 2.45) is 0 Å². The monoisotopic (exact) mass is 315 g/mol. The van der Waals surface area contributed by atoms with Crippen molar-refractivity contribution in [3.63, 3.8) is 0 Å². The minimum atomic E-state index is -1.17. The Morgan fingerprint density at radius 1 is 1.10 bits per heavy atom. The molecule has 0 fully saturated rings. The van der Waals surface area contributed by atoms with Gasteiger partial charge < -0.3 is 10.4 Å². The topological polar surface area (TPSA) is 32.3 Å². The van der Waals surface area contributed by atoms with E-state index >= 15 is 0 Å². The molecule has 0 aliphatic rings. The van der Waals surface area contributed by atoms with Gasteiger partial charge in [-0.2, -0.15) is 0 Å². The first-order chi connectivity index (χ1) is 9.99. The Balaban J connectivity index is 1.97. The van der Waals surface area contributed by atoms with Gasteiger partial charge in [0.25, 0.3) is 0 Å². The summed E-state index contributed by atoms with van der Waals surface area (Å²) in [5.74, 6) is -2.00. The molecule has 2 N–H and O–H groups in total. The number of aliphatic hydroxyl groups is 1. The van der Waals surface area contributed by atoms with Crippen LogP contribution in [0.1, 0.15) is 17.2 Å². The number of halogens is 4. The first-order valence-corrected chi connectivity index (χ1v) is 6.63. The Bertz CT molecular complexity index is 616. The van der Waals surface area contributed by atoms with Crippen LogP contribution in [-0.4, -0.2) is 11.7 Å². The minimum absolute atomic E-state index is 0.0206. The van der Waals surface area contributed by atoms with Gasteiger partial charge in [0.15, 0.2) is 0 Å². The van der Waals surface area contributed by atoms with Crippen LogP contribution >= 0.6 is 11.6 Å². The molecule has 2 rings (SSSR count). The van der Waals surface area contributed by atoms with Crippen LogP contribution in [0.15, 0.2) is 36.4 Å². The predicted octanol–water partition coefficient (Wildman–Crippen LogP) is 3.58. The van der Waals surface area contributed by atoms with Crippen molar-refractivity contribution in [1.82, 2.24) is 5.32 Å². The average Bonchev–Trinajstić information content (AvgIpc) is 2.42. The van der Waals surface area contributed by atoms with E-state index in [1.165, 1.54) is 18.2 Å². The van der Waals surface area contributed by atoms with Crippen molar-refractivity contribution in [1.29, 1.82) is 0 Å². The van der Waals surface area contributed by atoms with Gasteiger partial charge >= 0.3 is 0 Å². The van der Waals surface area contributed by atoms with Gasteiger partial charge in [0, 0.05) is 35.3 Å². The first-order valence-electron chi connectivity index (χ1n) is 6.25. The summed E-state index contributed by atoms with van der Waals surface area (Å²) in [7, 11) is 0. The third-order valence-electron chi connectivity index (χ3n) is 3.02. The van der Waals surface area contributed by atoms with E-state index in [2.05, 4.69) is 5.32 Å². The number of benzene rings is 2. The van der Waals surface area contributed by atoms with Crippen LogP contribution in [0, 0.1) is 17.5 Å². The second-order valence-corrected chi connectivity index (χ2v) is 4.92. The third-order valence-corrected chi connectivity index (χ3v) is 3.38. The van der Waals surface area contributed by atoms with Gasteiger partial charge in [-0.05, 0) is 18.2 Å². The molecule has 0 spiro atoms. The highest BCUT2D eigenvalue weighted by molar-refractivity contribution is 6.31. The molecule has 0 amide bonds. The predicted molar refractivity (Wildman–Crippen MR) is 74.4 cm³/mol. The molecule has 6 heteroatoms. The normalized spacial score (nSPS) is 12.4. The minimum Gasteiger partial charge on any atom is -0.387 e. The molecule has 2 nitrogen and oxygen atoms in total. The number of rotatable bonds is 5. The maximum atomic E-state index is 13.5. The van der Waals surface area contributed by atoms with E-state index in [1.807, 2.05) is 0 Å². The molecule has 0 heterocycles. The molecule has 0 saturated carbocycles. The van der Waals surface area contributed by atoms with Crippen molar-refractivity contribution in [2.75, 3.05) is 6.54 Å². The van der Waals surface area contributed by atoms with Crippen molar-refractivity contribution < 1.29 is 18.3 Å². The molecule has 0 aromatic heterocycles. The van der Waals surface area contributed by atoms with Crippen molar-refractivity contribution in [2.45, 2.75) is 12.6 Å². The van der Waals surface area contributed by atoms with E-state index in [-0.39, 0.29) is 29.2 Å². The van der Waals surface area contributed by atoms with E-state index < -0.39 is 23.6 Å².